The lowest BCUT2D eigenvalue weighted by Crippen LogP contribution is -2.31. The molecular weight excluding hydrogens is 200 g/mol. The average Bonchev–Trinajstić information content (AvgIpc) is 2.51. The summed E-state index contributed by atoms with van der Waals surface area (Å²) in [5, 5.41) is 11.5. The number of thioether (sulfide) groups is 1. The molecule has 2 nitrogen and oxygen atoms in total. The van der Waals surface area contributed by atoms with Gasteiger partial charge in [0.15, 0.2) is 11.2 Å². The number of nitrogens with one attached hydrogen (secondary N) is 1. The zero-order valence-corrected chi connectivity index (χ0v) is 9.63. The molecule has 13 heavy (non-hydrogen) atoms. The molecule has 0 amide bonds. The van der Waals surface area contributed by atoms with Gasteiger partial charge in [0.1, 0.15) is 7.05 Å². The van der Waals surface area contributed by atoms with Gasteiger partial charge in [-0.2, -0.15) is 4.57 Å². The SMILES string of the molecule is CC=C(C)SC(=N)c1scc[n+]1C. The van der Waals surface area contributed by atoms with Crippen molar-refractivity contribution in [2.24, 2.45) is 7.05 Å². The van der Waals surface area contributed by atoms with Gasteiger partial charge in [0.05, 0.1) is 5.38 Å². The minimum absolute atomic E-state index is 0.619. The van der Waals surface area contributed by atoms with Gasteiger partial charge in [0.2, 0.25) is 0 Å². The van der Waals surface area contributed by atoms with E-state index in [1.165, 1.54) is 16.7 Å². The molecule has 0 saturated carbocycles. The third-order valence-corrected chi connectivity index (χ3v) is 3.71. The quantitative estimate of drug-likeness (QED) is 0.456. The van der Waals surface area contributed by atoms with Crippen LogP contribution in [0.5, 0.6) is 0 Å². The lowest BCUT2D eigenvalue weighted by Gasteiger charge is -1.97. The number of hydrogen-bond acceptors (Lipinski definition) is 3. The van der Waals surface area contributed by atoms with Crippen LogP contribution in [0.25, 0.3) is 0 Å². The van der Waals surface area contributed by atoms with Crippen molar-refractivity contribution in [3.05, 3.63) is 27.6 Å². The van der Waals surface area contributed by atoms with E-state index in [2.05, 4.69) is 0 Å². The zero-order valence-electron chi connectivity index (χ0n) is 8.00. The lowest BCUT2D eigenvalue weighted by molar-refractivity contribution is -0.667. The van der Waals surface area contributed by atoms with Gasteiger partial charge in [0, 0.05) is 0 Å². The largest absolute Gasteiger partial charge is 0.293 e. The molecule has 1 aromatic rings. The van der Waals surface area contributed by atoms with Crippen molar-refractivity contribution in [2.75, 3.05) is 0 Å². The van der Waals surface area contributed by atoms with Gasteiger partial charge in [-0.1, -0.05) is 29.2 Å². The van der Waals surface area contributed by atoms with Crippen molar-refractivity contribution >= 4 is 28.1 Å². The maximum absolute atomic E-state index is 7.83. The predicted molar refractivity (Wildman–Crippen MR) is 59.3 cm³/mol. The number of aromatic nitrogens is 1. The van der Waals surface area contributed by atoms with Crippen molar-refractivity contribution in [1.82, 2.24) is 0 Å². The van der Waals surface area contributed by atoms with Crippen molar-refractivity contribution in [3.63, 3.8) is 0 Å². The molecule has 70 valence electrons. The summed E-state index contributed by atoms with van der Waals surface area (Å²) in [6, 6.07) is 0. The Bertz CT molecular complexity index is 339. The Morgan fingerprint density at radius 1 is 1.69 bits per heavy atom. The van der Waals surface area contributed by atoms with E-state index in [1.54, 1.807) is 11.3 Å². The summed E-state index contributed by atoms with van der Waals surface area (Å²) >= 11 is 3.11. The topological polar surface area (TPSA) is 27.7 Å². The molecule has 0 atom stereocenters. The van der Waals surface area contributed by atoms with Crippen LogP contribution < -0.4 is 4.57 Å². The fraction of sp³-hybridized carbons (Fsp3) is 0.333. The number of aryl methyl sites for hydroxylation is 1. The molecule has 0 spiro atoms. The van der Waals surface area contributed by atoms with E-state index in [0.29, 0.717) is 5.04 Å². The summed E-state index contributed by atoms with van der Waals surface area (Å²) < 4.78 is 1.98. The highest BCUT2D eigenvalue weighted by Gasteiger charge is 2.14. The first kappa shape index (κ1) is 10.5. The van der Waals surface area contributed by atoms with Crippen molar-refractivity contribution < 1.29 is 4.57 Å². The second-order valence-corrected chi connectivity index (χ2v) is 4.80. The van der Waals surface area contributed by atoms with Crippen LogP contribution in [0.4, 0.5) is 0 Å². The Balaban J connectivity index is 2.75. The number of thiazole rings is 1. The summed E-state index contributed by atoms with van der Waals surface area (Å²) in [5.74, 6) is 0. The van der Waals surface area contributed by atoms with Gasteiger partial charge in [-0.3, -0.25) is 5.41 Å². The number of nitrogens with zero attached hydrogens (tertiary/aromatic N) is 1. The monoisotopic (exact) mass is 213 g/mol. The van der Waals surface area contributed by atoms with E-state index in [1.807, 2.05) is 43.1 Å². The van der Waals surface area contributed by atoms with Crippen LogP contribution in [0.15, 0.2) is 22.6 Å². The Morgan fingerprint density at radius 3 is 2.85 bits per heavy atom. The second kappa shape index (κ2) is 4.58. The van der Waals surface area contributed by atoms with E-state index in [9.17, 15) is 0 Å². The van der Waals surface area contributed by atoms with Crippen LogP contribution in [0.2, 0.25) is 0 Å². The minimum Gasteiger partial charge on any atom is -0.287 e. The maximum Gasteiger partial charge on any atom is 0.293 e. The molecule has 1 heterocycles. The zero-order chi connectivity index (χ0) is 9.84. The molecule has 1 rings (SSSR count). The van der Waals surface area contributed by atoms with Crippen LogP contribution in [0.3, 0.4) is 0 Å². The maximum atomic E-state index is 7.83. The fourth-order valence-electron chi connectivity index (χ4n) is 0.814. The summed E-state index contributed by atoms with van der Waals surface area (Å²) in [7, 11) is 1.96. The van der Waals surface area contributed by atoms with Crippen LogP contribution >= 0.6 is 23.1 Å². The van der Waals surface area contributed by atoms with Crippen LogP contribution in [0.1, 0.15) is 18.9 Å². The van der Waals surface area contributed by atoms with E-state index in [0.717, 1.165) is 5.01 Å². The first-order valence-corrected chi connectivity index (χ1v) is 5.67. The molecule has 0 aliphatic heterocycles. The second-order valence-electron chi connectivity index (χ2n) is 2.65. The molecule has 0 aliphatic carbocycles. The molecule has 0 aromatic carbocycles. The molecule has 0 saturated heterocycles. The lowest BCUT2D eigenvalue weighted by atomic mass is 10.6. The summed E-state index contributed by atoms with van der Waals surface area (Å²) in [4.78, 5) is 1.17. The molecule has 0 bridgehead atoms. The van der Waals surface area contributed by atoms with Crippen LogP contribution in [-0.2, 0) is 7.05 Å². The number of hydrogen-bond donors (Lipinski definition) is 1. The minimum atomic E-state index is 0.619. The number of allylic oxidation sites excluding steroid dienone is 2. The van der Waals surface area contributed by atoms with Gasteiger partial charge >= 0.3 is 0 Å². The summed E-state index contributed by atoms with van der Waals surface area (Å²) in [6.07, 6.45) is 3.99. The summed E-state index contributed by atoms with van der Waals surface area (Å²) in [6.45, 7) is 4.01. The smallest absolute Gasteiger partial charge is 0.287 e. The molecule has 0 aliphatic rings. The van der Waals surface area contributed by atoms with Crippen LogP contribution in [-0.4, -0.2) is 5.04 Å². The molecule has 0 radical (unpaired) electrons. The van der Waals surface area contributed by atoms with Crippen molar-refractivity contribution in [2.45, 2.75) is 13.8 Å². The Kier molecular flexibility index (Phi) is 3.69. The van der Waals surface area contributed by atoms with E-state index < -0.39 is 0 Å². The first-order valence-electron chi connectivity index (χ1n) is 3.98. The molecule has 4 heteroatoms. The molecule has 1 aromatic heterocycles. The molecule has 1 N–H and O–H groups in total. The third kappa shape index (κ3) is 2.67. The standard InChI is InChI=1S/C9H13N2S2/c1-4-7(2)13-8(10)9-11(3)5-6-12-9/h4-6,10H,1-3H3/q+1. The van der Waals surface area contributed by atoms with Gasteiger partial charge in [-0.25, -0.2) is 0 Å². The molecular formula is C9H13N2S2+. The van der Waals surface area contributed by atoms with Gasteiger partial charge in [-0.15, -0.1) is 0 Å². The fourth-order valence-corrected chi connectivity index (χ4v) is 2.46. The highest BCUT2D eigenvalue weighted by molar-refractivity contribution is 8.17. The highest BCUT2D eigenvalue weighted by Crippen LogP contribution is 2.20. The average molecular weight is 213 g/mol. The third-order valence-electron chi connectivity index (χ3n) is 1.65. The highest BCUT2D eigenvalue weighted by atomic mass is 32.2. The van der Waals surface area contributed by atoms with Crippen molar-refractivity contribution in [1.29, 1.82) is 5.41 Å². The van der Waals surface area contributed by atoms with Gasteiger partial charge < -0.3 is 0 Å². The summed E-state index contributed by atoms with van der Waals surface area (Å²) in [5.41, 5.74) is 0. The van der Waals surface area contributed by atoms with Crippen molar-refractivity contribution in [3.8, 4) is 0 Å². The van der Waals surface area contributed by atoms with Gasteiger partial charge in [-0.05, 0) is 18.8 Å². The normalized spacial score (nSPS) is 11.8. The van der Waals surface area contributed by atoms with Crippen LogP contribution in [0, 0.1) is 5.41 Å². The van der Waals surface area contributed by atoms with E-state index >= 15 is 0 Å². The van der Waals surface area contributed by atoms with E-state index in [4.69, 9.17) is 5.41 Å². The molecule has 0 unspecified atom stereocenters. The Labute approximate surface area is 86.8 Å². The predicted octanol–water partition coefficient (Wildman–Crippen LogP) is 2.55. The Hall–Kier alpha value is -0.610. The number of rotatable bonds is 2. The first-order chi connectivity index (χ1) is 6.15. The Morgan fingerprint density at radius 2 is 2.38 bits per heavy atom. The van der Waals surface area contributed by atoms with E-state index in [-0.39, 0.29) is 0 Å². The molecule has 0 fully saturated rings. The van der Waals surface area contributed by atoms with Gasteiger partial charge in [0.25, 0.3) is 5.01 Å².